The minimum Gasteiger partial charge on any atom is -0.322 e. The van der Waals surface area contributed by atoms with Crippen LogP contribution in [0.2, 0.25) is 0 Å². The van der Waals surface area contributed by atoms with Crippen LogP contribution in [0.15, 0.2) is 72.7 Å². The number of benzene rings is 1. The van der Waals surface area contributed by atoms with E-state index in [4.69, 9.17) is 0 Å². The molecular formula is C21H18N4O2. The maximum Gasteiger partial charge on any atom is 0.271 e. The molecule has 0 unspecified atom stereocenters. The normalized spacial score (nSPS) is 13.0. The van der Waals surface area contributed by atoms with E-state index in [2.05, 4.69) is 22.1 Å². The molecule has 2 aromatic heterocycles. The summed E-state index contributed by atoms with van der Waals surface area (Å²) < 4.78 is 0. The largest absolute Gasteiger partial charge is 0.322 e. The van der Waals surface area contributed by atoms with Crippen molar-refractivity contribution in [2.75, 3.05) is 11.4 Å². The maximum atomic E-state index is 11.2. The molecule has 3 aromatic rings. The highest BCUT2D eigenvalue weighted by Gasteiger charge is 2.21. The first-order valence-corrected chi connectivity index (χ1v) is 8.76. The van der Waals surface area contributed by atoms with Gasteiger partial charge in [0.05, 0.1) is 4.92 Å². The third-order valence-corrected chi connectivity index (χ3v) is 4.60. The number of pyridine rings is 2. The van der Waals surface area contributed by atoms with E-state index < -0.39 is 0 Å². The minimum atomic E-state index is -0.369. The summed E-state index contributed by atoms with van der Waals surface area (Å²) in [6.45, 7) is 0.658. The van der Waals surface area contributed by atoms with Gasteiger partial charge >= 0.3 is 0 Å². The van der Waals surface area contributed by atoms with Crippen LogP contribution in [0, 0.1) is 10.1 Å². The van der Waals surface area contributed by atoms with Crippen LogP contribution >= 0.6 is 0 Å². The van der Waals surface area contributed by atoms with E-state index in [0.717, 1.165) is 29.9 Å². The van der Waals surface area contributed by atoms with Gasteiger partial charge in [-0.05, 0) is 48.2 Å². The lowest BCUT2D eigenvalue weighted by atomic mass is 9.99. The van der Waals surface area contributed by atoms with E-state index in [-0.39, 0.29) is 10.6 Å². The molecule has 0 bridgehead atoms. The highest BCUT2D eigenvalue weighted by atomic mass is 16.6. The number of anilines is 2. The lowest BCUT2D eigenvalue weighted by Gasteiger charge is -2.30. The average molecular weight is 358 g/mol. The van der Waals surface area contributed by atoms with Crippen molar-refractivity contribution in [3.63, 3.8) is 0 Å². The average Bonchev–Trinajstić information content (AvgIpc) is 2.72. The molecule has 0 fully saturated rings. The summed E-state index contributed by atoms with van der Waals surface area (Å²) in [5.74, 6) is 0.822. The Bertz CT molecular complexity index is 1000. The number of nitro benzene ring substituents is 1. The molecule has 0 amide bonds. The van der Waals surface area contributed by atoms with Crippen molar-refractivity contribution in [3.8, 4) is 0 Å². The number of hydrogen-bond donors (Lipinski definition) is 0. The zero-order valence-electron chi connectivity index (χ0n) is 14.7. The molecule has 0 spiro atoms. The number of hydrogen-bond acceptors (Lipinski definition) is 5. The van der Waals surface area contributed by atoms with Crippen LogP contribution in [0.3, 0.4) is 0 Å². The molecule has 1 aliphatic heterocycles. The topological polar surface area (TPSA) is 72.2 Å². The van der Waals surface area contributed by atoms with Gasteiger partial charge in [0.1, 0.15) is 5.82 Å². The highest BCUT2D eigenvalue weighted by molar-refractivity contribution is 5.77. The first-order valence-electron chi connectivity index (χ1n) is 8.76. The molecular weight excluding hydrogens is 340 g/mol. The van der Waals surface area contributed by atoms with Gasteiger partial charge in [-0.1, -0.05) is 18.2 Å². The van der Waals surface area contributed by atoms with E-state index in [1.54, 1.807) is 24.5 Å². The van der Waals surface area contributed by atoms with Crippen molar-refractivity contribution < 1.29 is 4.92 Å². The SMILES string of the molecule is O=[N+]([O-])c1cccc(N2CC(CCc3cccnc3)=Cc3cccnc32)c1. The number of rotatable bonds is 5. The Balaban J connectivity index is 1.64. The molecule has 27 heavy (non-hydrogen) atoms. The van der Waals surface area contributed by atoms with Crippen LogP contribution in [0.5, 0.6) is 0 Å². The molecule has 0 aliphatic carbocycles. The van der Waals surface area contributed by atoms with Crippen molar-refractivity contribution in [1.29, 1.82) is 0 Å². The van der Waals surface area contributed by atoms with Crippen molar-refractivity contribution in [2.45, 2.75) is 12.8 Å². The second-order valence-electron chi connectivity index (χ2n) is 6.44. The van der Waals surface area contributed by atoms with Crippen LogP contribution in [0.1, 0.15) is 17.5 Å². The Morgan fingerprint density at radius 3 is 2.78 bits per heavy atom. The Morgan fingerprint density at radius 1 is 1.07 bits per heavy atom. The molecule has 0 radical (unpaired) electrons. The van der Waals surface area contributed by atoms with Crippen LogP contribution in [0.4, 0.5) is 17.2 Å². The minimum absolute atomic E-state index is 0.0800. The quantitative estimate of drug-likeness (QED) is 0.494. The number of nitro groups is 1. The molecule has 1 aliphatic rings. The second-order valence-corrected chi connectivity index (χ2v) is 6.44. The summed E-state index contributed by atoms with van der Waals surface area (Å²) in [6, 6.07) is 14.7. The fraction of sp³-hybridized carbons (Fsp3) is 0.143. The standard InChI is InChI=1S/C21H18N4O2/c26-25(27)20-7-1-6-19(13-20)24-15-17(9-8-16-4-2-10-22-14-16)12-18-5-3-11-23-21(18)24/h1-7,10-14H,8-9,15H2. The van der Waals surface area contributed by atoms with Gasteiger partial charge in [-0.25, -0.2) is 4.98 Å². The van der Waals surface area contributed by atoms with Gasteiger partial charge in [0.15, 0.2) is 0 Å². The Morgan fingerprint density at radius 2 is 1.96 bits per heavy atom. The van der Waals surface area contributed by atoms with E-state index in [9.17, 15) is 10.1 Å². The Kier molecular flexibility index (Phi) is 4.61. The van der Waals surface area contributed by atoms with Gasteiger partial charge in [-0.15, -0.1) is 0 Å². The lowest BCUT2D eigenvalue weighted by molar-refractivity contribution is -0.384. The first kappa shape index (κ1) is 16.9. The van der Waals surface area contributed by atoms with Gasteiger partial charge in [0.25, 0.3) is 5.69 Å². The van der Waals surface area contributed by atoms with E-state index in [1.165, 1.54) is 17.2 Å². The molecule has 1 aromatic carbocycles. The number of aromatic nitrogens is 2. The molecule has 6 heteroatoms. The van der Waals surface area contributed by atoms with Gasteiger partial charge in [-0.3, -0.25) is 15.1 Å². The van der Waals surface area contributed by atoms with Gasteiger partial charge in [0, 0.05) is 48.5 Å². The molecule has 3 heterocycles. The lowest BCUT2D eigenvalue weighted by Crippen LogP contribution is -2.25. The van der Waals surface area contributed by atoms with E-state index in [1.807, 2.05) is 35.4 Å². The summed E-state index contributed by atoms with van der Waals surface area (Å²) in [5.41, 5.74) is 4.33. The molecule has 4 rings (SSSR count). The van der Waals surface area contributed by atoms with E-state index >= 15 is 0 Å². The predicted molar refractivity (Wildman–Crippen MR) is 105 cm³/mol. The summed E-state index contributed by atoms with van der Waals surface area (Å²) in [5, 5.41) is 11.2. The molecule has 134 valence electrons. The Labute approximate surface area is 157 Å². The summed E-state index contributed by atoms with van der Waals surface area (Å²) in [6.07, 6.45) is 9.38. The molecule has 6 nitrogen and oxygen atoms in total. The van der Waals surface area contributed by atoms with Crippen molar-refractivity contribution in [1.82, 2.24) is 9.97 Å². The zero-order chi connectivity index (χ0) is 18.6. The number of non-ortho nitro benzene ring substituents is 1. The molecule has 0 saturated carbocycles. The number of aryl methyl sites for hydroxylation is 1. The highest BCUT2D eigenvalue weighted by Crippen LogP contribution is 2.35. The van der Waals surface area contributed by atoms with Gasteiger partial charge in [0.2, 0.25) is 0 Å². The monoisotopic (exact) mass is 358 g/mol. The van der Waals surface area contributed by atoms with E-state index in [0.29, 0.717) is 6.54 Å². The predicted octanol–water partition coefficient (Wildman–Crippen LogP) is 4.55. The van der Waals surface area contributed by atoms with Crippen molar-refractivity contribution >= 4 is 23.3 Å². The zero-order valence-corrected chi connectivity index (χ0v) is 14.7. The Hall–Kier alpha value is -3.54. The van der Waals surface area contributed by atoms with Crippen molar-refractivity contribution in [3.05, 3.63) is 93.9 Å². The number of nitrogens with zero attached hydrogens (tertiary/aromatic N) is 4. The fourth-order valence-corrected chi connectivity index (χ4v) is 3.28. The summed E-state index contributed by atoms with van der Waals surface area (Å²) in [7, 11) is 0. The van der Waals surface area contributed by atoms with Gasteiger partial charge in [-0.2, -0.15) is 0 Å². The van der Waals surface area contributed by atoms with Crippen molar-refractivity contribution in [2.24, 2.45) is 0 Å². The van der Waals surface area contributed by atoms with Crippen LogP contribution in [-0.4, -0.2) is 21.4 Å². The molecule has 0 N–H and O–H groups in total. The molecule has 0 saturated heterocycles. The third-order valence-electron chi connectivity index (χ3n) is 4.60. The smallest absolute Gasteiger partial charge is 0.271 e. The van der Waals surface area contributed by atoms with Crippen LogP contribution < -0.4 is 4.90 Å². The summed E-state index contributed by atoms with van der Waals surface area (Å²) >= 11 is 0. The summed E-state index contributed by atoms with van der Waals surface area (Å²) in [4.78, 5) is 21.5. The first-order chi connectivity index (χ1) is 13.2. The van der Waals surface area contributed by atoms with Gasteiger partial charge < -0.3 is 4.90 Å². The third kappa shape index (κ3) is 3.69. The van der Waals surface area contributed by atoms with Crippen LogP contribution in [0.25, 0.3) is 6.08 Å². The second kappa shape index (κ2) is 7.37. The maximum absolute atomic E-state index is 11.2. The van der Waals surface area contributed by atoms with Crippen LogP contribution in [-0.2, 0) is 6.42 Å². The fourth-order valence-electron chi connectivity index (χ4n) is 3.28. The molecule has 0 atom stereocenters. The number of fused-ring (bicyclic) bond motifs is 1.